The van der Waals surface area contributed by atoms with Crippen molar-refractivity contribution in [3.63, 3.8) is 0 Å². The van der Waals surface area contributed by atoms with Crippen molar-refractivity contribution in [1.82, 2.24) is 0 Å². The van der Waals surface area contributed by atoms with Gasteiger partial charge < -0.3 is 9.59 Å². The maximum atomic E-state index is 10.7. The summed E-state index contributed by atoms with van der Waals surface area (Å²) in [4.78, 5) is 21.4. The Bertz CT molecular complexity index is 520. The Balaban J connectivity index is 2.38. The summed E-state index contributed by atoms with van der Waals surface area (Å²) in [7, 11) is -4.98. The van der Waals surface area contributed by atoms with Crippen LogP contribution in [0.1, 0.15) is 12.0 Å². The minimum Gasteiger partial charge on any atom is -0.432 e. The van der Waals surface area contributed by atoms with Gasteiger partial charge in [-0.15, -0.1) is 0 Å². The van der Waals surface area contributed by atoms with E-state index in [-0.39, 0.29) is 0 Å². The highest BCUT2D eigenvalue weighted by atomic mass is 28.4. The molecule has 0 radical (unpaired) electrons. The Labute approximate surface area is 123 Å². The molecule has 2 nitrogen and oxygen atoms in total. The number of rotatable bonds is 3. The van der Waals surface area contributed by atoms with Crippen molar-refractivity contribution < 1.29 is 9.59 Å². The number of allylic oxidation sites excluding steroid dienone is 4. The predicted octanol–water partition coefficient (Wildman–Crippen LogP) is 3.70. The molecule has 4 heteroatoms. The van der Waals surface area contributed by atoms with E-state index in [0.29, 0.717) is 0 Å². The van der Waals surface area contributed by atoms with Gasteiger partial charge in [-0.1, -0.05) is 48.6 Å². The summed E-state index contributed by atoms with van der Waals surface area (Å²) in [6.45, 7) is 7.74. The molecular weight excluding hydrogens is 280 g/mol. The average molecular weight is 305 g/mol. The molecule has 2 rings (SSSR count). The topological polar surface area (TPSA) is 40.5 Å². The third-order valence-corrected chi connectivity index (χ3v) is 13.3. The molecule has 0 bridgehead atoms. The Morgan fingerprint density at radius 2 is 1.50 bits per heavy atom. The minimum absolute atomic E-state index is 0.404. The molecule has 0 saturated heterocycles. The molecule has 0 saturated carbocycles. The third kappa shape index (κ3) is 2.61. The second kappa shape index (κ2) is 5.11. The van der Waals surface area contributed by atoms with Crippen LogP contribution < -0.4 is 0 Å². The molecule has 1 aliphatic carbocycles. The normalized spacial score (nSPS) is 18.8. The Morgan fingerprint density at radius 1 is 0.950 bits per heavy atom. The molecule has 0 heterocycles. The van der Waals surface area contributed by atoms with E-state index in [1.165, 1.54) is 11.1 Å². The molecule has 108 valence electrons. The fraction of sp³-hybridized carbons (Fsp3) is 0.375. The van der Waals surface area contributed by atoms with Gasteiger partial charge in [0.2, 0.25) is 0 Å². The maximum absolute atomic E-state index is 10.7. The Kier molecular flexibility index (Phi) is 3.95. The van der Waals surface area contributed by atoms with Crippen LogP contribution in [0.4, 0.5) is 0 Å². The van der Waals surface area contributed by atoms with Gasteiger partial charge >= 0.3 is 0 Å². The van der Waals surface area contributed by atoms with Crippen LogP contribution in [0.2, 0.25) is 30.8 Å². The van der Waals surface area contributed by atoms with E-state index in [9.17, 15) is 9.59 Å². The third-order valence-electron chi connectivity index (χ3n) is 4.48. The van der Waals surface area contributed by atoms with Gasteiger partial charge in [-0.3, -0.25) is 0 Å². The van der Waals surface area contributed by atoms with Crippen LogP contribution in [0.5, 0.6) is 0 Å². The molecule has 0 aliphatic heterocycles. The van der Waals surface area contributed by atoms with E-state index in [1.54, 1.807) is 0 Å². The molecule has 20 heavy (non-hydrogen) atoms. The van der Waals surface area contributed by atoms with Gasteiger partial charge in [-0.25, -0.2) is 0 Å². The van der Waals surface area contributed by atoms with Crippen LogP contribution in [-0.2, 0) is 0 Å². The number of hydrogen-bond acceptors (Lipinski definition) is 2. The quantitative estimate of drug-likeness (QED) is 0.836. The van der Waals surface area contributed by atoms with Gasteiger partial charge in [0.25, 0.3) is 0 Å². The Morgan fingerprint density at radius 3 is 1.90 bits per heavy atom. The van der Waals surface area contributed by atoms with Crippen LogP contribution in [0, 0.1) is 0 Å². The minimum atomic E-state index is -2.49. The fourth-order valence-electron chi connectivity index (χ4n) is 3.14. The lowest BCUT2D eigenvalue weighted by Gasteiger charge is -2.47. The smallest absolute Gasteiger partial charge is 0.192 e. The highest BCUT2D eigenvalue weighted by Crippen LogP contribution is 2.51. The fourth-order valence-corrected chi connectivity index (χ4v) is 11.3. The molecule has 2 N–H and O–H groups in total. The molecule has 0 unspecified atom stereocenters. The van der Waals surface area contributed by atoms with Gasteiger partial charge in [-0.05, 0) is 43.7 Å². The zero-order chi connectivity index (χ0) is 15.0. The highest BCUT2D eigenvalue weighted by molar-refractivity contribution is 6.94. The monoisotopic (exact) mass is 304 g/mol. The standard InChI is InChI=1S/C16H24O2Si2/c1-19(2,17)16(20(3,4)18)12-10-15(11-13-16)14-8-6-5-7-9-14/h5-12,17-18H,13H2,1-4H3. The van der Waals surface area contributed by atoms with Gasteiger partial charge in [0.15, 0.2) is 16.6 Å². The second-order valence-corrected chi connectivity index (χ2v) is 15.2. The predicted molar refractivity (Wildman–Crippen MR) is 90.3 cm³/mol. The van der Waals surface area contributed by atoms with Crippen molar-refractivity contribution in [3.8, 4) is 0 Å². The van der Waals surface area contributed by atoms with E-state index >= 15 is 0 Å². The second-order valence-electron chi connectivity index (χ2n) is 6.65. The molecule has 0 amide bonds. The molecule has 0 spiro atoms. The van der Waals surface area contributed by atoms with Crippen molar-refractivity contribution in [3.05, 3.63) is 54.1 Å². The lowest BCUT2D eigenvalue weighted by atomic mass is 9.99. The number of benzene rings is 1. The first-order valence-corrected chi connectivity index (χ1v) is 13.0. The van der Waals surface area contributed by atoms with Gasteiger partial charge in [0, 0.05) is 4.66 Å². The molecule has 1 aromatic carbocycles. The first-order valence-electron chi connectivity index (χ1n) is 7.07. The van der Waals surface area contributed by atoms with Gasteiger partial charge in [0.1, 0.15) is 0 Å². The summed E-state index contributed by atoms with van der Waals surface area (Å²) in [5.74, 6) is 0. The Hall–Kier alpha value is -0.946. The molecule has 1 aliphatic rings. The van der Waals surface area contributed by atoms with E-state index in [2.05, 4.69) is 30.4 Å². The summed E-state index contributed by atoms with van der Waals surface area (Å²) in [5.41, 5.74) is 2.37. The molecule has 1 aromatic rings. The molecular formula is C16H24O2Si2. The molecule has 0 aromatic heterocycles. The SMILES string of the molecule is C[Si](C)(O)C1([Si](C)(C)O)C=CC(c2ccccc2)=CC1. The summed E-state index contributed by atoms with van der Waals surface area (Å²) < 4.78 is -0.404. The summed E-state index contributed by atoms with van der Waals surface area (Å²) in [6, 6.07) is 10.2. The van der Waals surface area contributed by atoms with Crippen molar-refractivity contribution in [1.29, 1.82) is 0 Å². The number of hydrogen-bond donors (Lipinski definition) is 2. The maximum Gasteiger partial charge on any atom is 0.192 e. The zero-order valence-electron chi connectivity index (χ0n) is 12.7. The van der Waals surface area contributed by atoms with Crippen molar-refractivity contribution in [2.45, 2.75) is 37.3 Å². The van der Waals surface area contributed by atoms with E-state index < -0.39 is 21.3 Å². The average Bonchev–Trinajstić information content (AvgIpc) is 2.37. The highest BCUT2D eigenvalue weighted by Gasteiger charge is 2.55. The van der Waals surface area contributed by atoms with Crippen molar-refractivity contribution in [2.24, 2.45) is 0 Å². The van der Waals surface area contributed by atoms with E-state index in [1.807, 2.05) is 44.4 Å². The van der Waals surface area contributed by atoms with Crippen LogP contribution in [0.3, 0.4) is 0 Å². The summed E-state index contributed by atoms with van der Waals surface area (Å²) in [6.07, 6.45) is 7.08. The largest absolute Gasteiger partial charge is 0.432 e. The van der Waals surface area contributed by atoms with E-state index in [4.69, 9.17) is 0 Å². The summed E-state index contributed by atoms with van der Waals surface area (Å²) in [5, 5.41) is 0. The summed E-state index contributed by atoms with van der Waals surface area (Å²) >= 11 is 0. The van der Waals surface area contributed by atoms with Crippen LogP contribution in [0.25, 0.3) is 5.57 Å². The van der Waals surface area contributed by atoms with E-state index in [0.717, 1.165) is 6.42 Å². The van der Waals surface area contributed by atoms with Crippen molar-refractivity contribution in [2.75, 3.05) is 0 Å². The van der Waals surface area contributed by atoms with Crippen molar-refractivity contribution >= 4 is 22.2 Å². The van der Waals surface area contributed by atoms with Crippen LogP contribution in [0.15, 0.2) is 48.6 Å². The zero-order valence-corrected chi connectivity index (χ0v) is 14.7. The van der Waals surface area contributed by atoms with Crippen LogP contribution in [-0.4, -0.2) is 26.2 Å². The lowest BCUT2D eigenvalue weighted by molar-refractivity contribution is 0.471. The lowest BCUT2D eigenvalue weighted by Crippen LogP contribution is -2.57. The first kappa shape index (κ1) is 15.4. The van der Waals surface area contributed by atoms with Gasteiger partial charge in [0.05, 0.1) is 0 Å². The van der Waals surface area contributed by atoms with Gasteiger partial charge in [-0.2, -0.15) is 0 Å². The molecule has 0 fully saturated rings. The molecule has 0 atom stereocenters. The van der Waals surface area contributed by atoms with Crippen LogP contribution >= 0.6 is 0 Å². The first-order chi connectivity index (χ1) is 9.17.